The Hall–Kier alpha value is -0.990. The minimum Gasteiger partial charge on any atom is -0.463 e. The van der Waals surface area contributed by atoms with Crippen molar-refractivity contribution in [1.82, 2.24) is 5.32 Å². The number of rotatable bonds is 42. The van der Waals surface area contributed by atoms with E-state index in [2.05, 4.69) is 19.2 Å². The fraction of sp³-hybridized carbons (Fsp3) is 0.952. The van der Waals surface area contributed by atoms with Gasteiger partial charge in [0, 0.05) is 19.4 Å². The highest BCUT2D eigenvalue weighted by atomic mass is 31.2. The molecule has 0 aromatic heterocycles. The van der Waals surface area contributed by atoms with E-state index in [1.54, 1.807) is 0 Å². The zero-order valence-electron chi connectivity index (χ0n) is 34.0. The van der Waals surface area contributed by atoms with E-state index in [0.717, 1.165) is 38.5 Å². The number of ether oxygens (including phenoxy) is 1. The molecule has 0 aliphatic heterocycles. The maximum Gasteiger partial charge on any atom is 0.472 e. The second kappa shape index (κ2) is 39.7. The summed E-state index contributed by atoms with van der Waals surface area (Å²) in [5.74, 6) is -0.503. The zero-order valence-corrected chi connectivity index (χ0v) is 34.9. The number of nitrogens with one attached hydrogen (secondary N) is 1. The van der Waals surface area contributed by atoms with Crippen LogP contribution < -0.4 is 5.32 Å². The largest absolute Gasteiger partial charge is 0.472 e. The number of phosphoric ester groups is 1. The number of amides is 1. The highest BCUT2D eigenvalue weighted by Crippen LogP contribution is 2.42. The molecule has 0 aliphatic rings. The van der Waals surface area contributed by atoms with Crippen LogP contribution in [0.15, 0.2) is 0 Å². The van der Waals surface area contributed by atoms with Crippen molar-refractivity contribution in [2.75, 3.05) is 26.4 Å². The van der Waals surface area contributed by atoms with E-state index in [4.69, 9.17) is 13.8 Å². The third-order valence-electron chi connectivity index (χ3n) is 9.79. The van der Waals surface area contributed by atoms with E-state index < -0.39 is 26.5 Å². The molecule has 0 fully saturated rings. The molecule has 10 heteroatoms. The molecule has 0 aromatic rings. The molecule has 0 aliphatic carbocycles. The number of phosphoric acid groups is 1. The standard InChI is InChI=1S/C42H84NO8P/c1-3-5-7-9-11-13-15-17-19-21-23-25-27-29-31-33-35-42(46)49-38-40(44)39-51-52(47,48)50-37-36-43-41(45)34-32-30-28-26-24-22-20-18-16-14-12-10-8-6-4-2/h40,44H,3-39H2,1-2H3,(H,43,45)(H,47,48). The summed E-state index contributed by atoms with van der Waals surface area (Å²) in [7, 11) is -4.41. The maximum absolute atomic E-state index is 12.1. The highest BCUT2D eigenvalue weighted by molar-refractivity contribution is 7.47. The van der Waals surface area contributed by atoms with Crippen LogP contribution in [-0.2, 0) is 27.9 Å². The third-order valence-corrected chi connectivity index (χ3v) is 10.8. The smallest absolute Gasteiger partial charge is 0.463 e. The normalized spacial score (nSPS) is 13.2. The fourth-order valence-electron chi connectivity index (χ4n) is 6.44. The molecule has 3 N–H and O–H groups in total. The first-order chi connectivity index (χ1) is 25.3. The summed E-state index contributed by atoms with van der Waals surface area (Å²) >= 11 is 0. The summed E-state index contributed by atoms with van der Waals surface area (Å²) in [6.45, 7) is 3.60. The lowest BCUT2D eigenvalue weighted by atomic mass is 10.0. The molecule has 0 heterocycles. The number of hydrogen-bond acceptors (Lipinski definition) is 7. The van der Waals surface area contributed by atoms with Gasteiger partial charge in [-0.2, -0.15) is 0 Å². The monoisotopic (exact) mass is 762 g/mol. The Morgan fingerprint density at radius 2 is 0.865 bits per heavy atom. The predicted molar refractivity (Wildman–Crippen MR) is 215 cm³/mol. The molecule has 0 aromatic carbocycles. The third kappa shape index (κ3) is 40.2. The van der Waals surface area contributed by atoms with Gasteiger partial charge < -0.3 is 20.1 Å². The van der Waals surface area contributed by atoms with Gasteiger partial charge in [0.15, 0.2) is 0 Å². The van der Waals surface area contributed by atoms with E-state index in [1.807, 2.05) is 0 Å². The maximum atomic E-state index is 12.1. The van der Waals surface area contributed by atoms with Crippen molar-refractivity contribution in [3.05, 3.63) is 0 Å². The van der Waals surface area contributed by atoms with Gasteiger partial charge in [0.05, 0.1) is 13.2 Å². The van der Waals surface area contributed by atoms with Crippen LogP contribution in [0.3, 0.4) is 0 Å². The summed E-state index contributed by atoms with van der Waals surface area (Å²) in [6.07, 6.45) is 38.8. The van der Waals surface area contributed by atoms with E-state index in [0.29, 0.717) is 12.8 Å². The summed E-state index contributed by atoms with van der Waals surface area (Å²) < 4.78 is 26.9. The Labute approximate surface area is 320 Å². The highest BCUT2D eigenvalue weighted by Gasteiger charge is 2.23. The quantitative estimate of drug-likeness (QED) is 0.0318. The second-order valence-electron chi connectivity index (χ2n) is 15.0. The van der Waals surface area contributed by atoms with Gasteiger partial charge in [-0.05, 0) is 12.8 Å². The van der Waals surface area contributed by atoms with Crippen molar-refractivity contribution in [3.8, 4) is 0 Å². The minimum atomic E-state index is -4.41. The number of esters is 1. The average Bonchev–Trinajstić information content (AvgIpc) is 3.13. The molecule has 0 saturated heterocycles. The number of aliphatic hydroxyl groups excluding tert-OH is 1. The number of hydrogen-bond donors (Lipinski definition) is 3. The number of unbranched alkanes of at least 4 members (excludes halogenated alkanes) is 29. The molecule has 2 unspecified atom stereocenters. The van der Waals surface area contributed by atoms with Crippen LogP contribution in [0.25, 0.3) is 0 Å². The van der Waals surface area contributed by atoms with Gasteiger partial charge in [0.2, 0.25) is 5.91 Å². The van der Waals surface area contributed by atoms with Gasteiger partial charge in [-0.25, -0.2) is 4.57 Å². The van der Waals surface area contributed by atoms with Crippen molar-refractivity contribution in [3.63, 3.8) is 0 Å². The van der Waals surface area contributed by atoms with E-state index in [1.165, 1.54) is 161 Å². The van der Waals surface area contributed by atoms with Crippen LogP contribution in [0.5, 0.6) is 0 Å². The molecule has 0 rings (SSSR count). The van der Waals surface area contributed by atoms with Crippen LogP contribution >= 0.6 is 7.82 Å². The molecule has 9 nitrogen and oxygen atoms in total. The van der Waals surface area contributed by atoms with Gasteiger partial charge >= 0.3 is 13.8 Å². The van der Waals surface area contributed by atoms with E-state index in [9.17, 15) is 24.2 Å². The summed E-state index contributed by atoms with van der Waals surface area (Å²) in [4.78, 5) is 33.9. The molecule has 0 bridgehead atoms. The molecule has 0 radical (unpaired) electrons. The molecular formula is C42H84NO8P. The van der Waals surface area contributed by atoms with Gasteiger partial charge in [0.25, 0.3) is 0 Å². The Morgan fingerprint density at radius 1 is 0.519 bits per heavy atom. The first-order valence-electron chi connectivity index (χ1n) is 22.0. The summed E-state index contributed by atoms with van der Waals surface area (Å²) in [5, 5.41) is 12.7. The predicted octanol–water partition coefficient (Wildman–Crippen LogP) is 12.1. The van der Waals surface area contributed by atoms with E-state index in [-0.39, 0.29) is 25.7 Å². The van der Waals surface area contributed by atoms with Gasteiger partial charge in [-0.15, -0.1) is 0 Å². The number of aliphatic hydroxyl groups is 1. The van der Waals surface area contributed by atoms with Crippen LogP contribution in [-0.4, -0.2) is 54.3 Å². The van der Waals surface area contributed by atoms with Crippen LogP contribution in [0.1, 0.15) is 226 Å². The van der Waals surface area contributed by atoms with Gasteiger partial charge in [-0.3, -0.25) is 18.6 Å². The molecule has 2 atom stereocenters. The lowest BCUT2D eigenvalue weighted by molar-refractivity contribution is -0.147. The number of carbonyl (C=O) groups is 2. The van der Waals surface area contributed by atoms with Crippen molar-refractivity contribution >= 4 is 19.7 Å². The summed E-state index contributed by atoms with van der Waals surface area (Å²) in [6, 6.07) is 0. The Morgan fingerprint density at radius 3 is 1.25 bits per heavy atom. The molecule has 0 spiro atoms. The Bertz CT molecular complexity index is 830. The zero-order chi connectivity index (χ0) is 38.2. The van der Waals surface area contributed by atoms with Crippen molar-refractivity contribution in [2.24, 2.45) is 0 Å². The van der Waals surface area contributed by atoms with Crippen LogP contribution in [0.4, 0.5) is 0 Å². The van der Waals surface area contributed by atoms with Crippen LogP contribution in [0.2, 0.25) is 0 Å². The molecule has 1 amide bonds. The van der Waals surface area contributed by atoms with Crippen molar-refractivity contribution in [2.45, 2.75) is 232 Å². The first-order valence-corrected chi connectivity index (χ1v) is 23.5. The molecule has 310 valence electrons. The topological polar surface area (TPSA) is 131 Å². The lowest BCUT2D eigenvalue weighted by Gasteiger charge is -2.15. The SMILES string of the molecule is CCCCCCCCCCCCCCCCCCC(=O)OCC(O)COP(=O)(O)OCCNC(=O)CCCCCCCCCCCCCCCCC. The molecule has 52 heavy (non-hydrogen) atoms. The Balaban J connectivity index is 3.55. The first kappa shape index (κ1) is 51.0. The van der Waals surface area contributed by atoms with Crippen molar-refractivity contribution < 1.29 is 37.9 Å². The minimum absolute atomic E-state index is 0.0883. The Kier molecular flexibility index (Phi) is 38.9. The summed E-state index contributed by atoms with van der Waals surface area (Å²) in [5.41, 5.74) is 0. The second-order valence-corrected chi connectivity index (χ2v) is 16.5. The van der Waals surface area contributed by atoms with Gasteiger partial charge in [-0.1, -0.05) is 200 Å². The van der Waals surface area contributed by atoms with Crippen LogP contribution in [0, 0.1) is 0 Å². The van der Waals surface area contributed by atoms with Gasteiger partial charge in [0.1, 0.15) is 12.7 Å². The lowest BCUT2D eigenvalue weighted by Crippen LogP contribution is -2.27. The van der Waals surface area contributed by atoms with E-state index >= 15 is 0 Å². The van der Waals surface area contributed by atoms with Crippen molar-refractivity contribution in [1.29, 1.82) is 0 Å². The fourth-order valence-corrected chi connectivity index (χ4v) is 7.20. The molecular weight excluding hydrogens is 677 g/mol. The number of carbonyl (C=O) groups excluding carboxylic acids is 2. The molecule has 0 saturated carbocycles. The average molecular weight is 762 g/mol.